The average molecular weight is 286 g/mol. The van der Waals surface area contributed by atoms with Crippen LogP contribution < -0.4 is 5.43 Å². The summed E-state index contributed by atoms with van der Waals surface area (Å²) in [7, 11) is 0. The summed E-state index contributed by atoms with van der Waals surface area (Å²) in [5.41, 5.74) is 4.18. The first kappa shape index (κ1) is 11.4. The summed E-state index contributed by atoms with van der Waals surface area (Å²) in [5.74, 6) is 1.78. The molecule has 0 fully saturated rings. The third-order valence-electron chi connectivity index (χ3n) is 3.03. The Morgan fingerprint density at radius 3 is 2.80 bits per heavy atom. The van der Waals surface area contributed by atoms with Gasteiger partial charge in [-0.05, 0) is 48.2 Å². The molecule has 2 N–H and O–H groups in total. The highest BCUT2D eigenvalue weighted by atomic mass is 32.2. The number of phenols is 1. The second kappa shape index (κ2) is 4.31. The molecule has 2 aromatic heterocycles. The van der Waals surface area contributed by atoms with E-state index in [1.165, 1.54) is 0 Å². The molecule has 0 saturated heterocycles. The molecule has 3 heterocycles. The lowest BCUT2D eigenvalue weighted by molar-refractivity contribution is 0.475. The van der Waals surface area contributed by atoms with Crippen LogP contribution in [-0.2, 0) is 0 Å². The third-order valence-corrected chi connectivity index (χ3v) is 4.08. The Morgan fingerprint density at radius 1 is 1.20 bits per heavy atom. The normalized spacial score (nSPS) is 16.9. The van der Waals surface area contributed by atoms with Crippen molar-refractivity contribution in [2.75, 3.05) is 5.43 Å². The number of thioether (sulfide) groups is 1. The highest BCUT2D eigenvalue weighted by molar-refractivity contribution is 7.99. The quantitative estimate of drug-likeness (QED) is 0.754. The van der Waals surface area contributed by atoms with Crippen molar-refractivity contribution in [2.45, 2.75) is 10.5 Å². The number of hydrogen-bond acceptors (Lipinski definition) is 6. The van der Waals surface area contributed by atoms with Gasteiger partial charge in [-0.1, -0.05) is 0 Å². The first-order chi connectivity index (χ1) is 9.81. The fraction of sp³-hybridized carbons (Fsp3) is 0.0769. The molecule has 1 atom stereocenters. The molecule has 0 bridgehead atoms. The van der Waals surface area contributed by atoms with Crippen molar-refractivity contribution in [3.8, 4) is 17.1 Å². The average Bonchev–Trinajstić information content (AvgIpc) is 3.15. The molecule has 7 heteroatoms. The zero-order chi connectivity index (χ0) is 13.5. The Balaban J connectivity index is 1.69. The Bertz CT molecular complexity index is 736. The monoisotopic (exact) mass is 286 g/mol. The summed E-state index contributed by atoms with van der Waals surface area (Å²) < 4.78 is 7.24. The molecule has 0 amide bonds. The van der Waals surface area contributed by atoms with Crippen LogP contribution in [-0.4, -0.2) is 20.0 Å². The van der Waals surface area contributed by atoms with Gasteiger partial charge in [0.1, 0.15) is 11.5 Å². The van der Waals surface area contributed by atoms with Gasteiger partial charge < -0.3 is 14.9 Å². The van der Waals surface area contributed by atoms with Gasteiger partial charge in [0.2, 0.25) is 5.16 Å². The predicted octanol–water partition coefficient (Wildman–Crippen LogP) is 2.59. The Hall–Kier alpha value is -2.41. The van der Waals surface area contributed by atoms with Gasteiger partial charge >= 0.3 is 0 Å². The van der Waals surface area contributed by atoms with E-state index in [-0.39, 0.29) is 11.1 Å². The van der Waals surface area contributed by atoms with E-state index in [1.807, 2.05) is 16.8 Å². The number of nitrogens with one attached hydrogen (secondary N) is 1. The van der Waals surface area contributed by atoms with Crippen LogP contribution in [0.4, 0.5) is 0 Å². The number of furan rings is 1. The maximum Gasteiger partial charge on any atom is 0.212 e. The van der Waals surface area contributed by atoms with Crippen LogP contribution in [0.1, 0.15) is 11.1 Å². The van der Waals surface area contributed by atoms with E-state index in [0.29, 0.717) is 5.82 Å². The van der Waals surface area contributed by atoms with Crippen molar-refractivity contribution in [1.82, 2.24) is 14.9 Å². The summed E-state index contributed by atoms with van der Waals surface area (Å²) in [5, 5.41) is 18.5. The standard InChI is InChI=1S/C13H10N4O2S/c18-9-5-3-8(4-6-9)11-14-15-13-17(11)16-12(20-13)10-2-1-7-19-10/h1-7,12,16,18H/t12-/m0/s1. The fourth-order valence-electron chi connectivity index (χ4n) is 2.07. The zero-order valence-electron chi connectivity index (χ0n) is 10.2. The van der Waals surface area contributed by atoms with Crippen LogP contribution in [0.15, 0.2) is 52.2 Å². The second-order valence-corrected chi connectivity index (χ2v) is 5.40. The van der Waals surface area contributed by atoms with E-state index < -0.39 is 0 Å². The van der Waals surface area contributed by atoms with Gasteiger partial charge in [-0.15, -0.1) is 10.2 Å². The fourth-order valence-corrected chi connectivity index (χ4v) is 3.02. The Morgan fingerprint density at radius 2 is 2.05 bits per heavy atom. The molecular formula is C13H10N4O2S. The minimum atomic E-state index is -0.00800. The molecule has 0 unspecified atom stereocenters. The van der Waals surface area contributed by atoms with E-state index in [1.54, 1.807) is 42.3 Å². The summed E-state index contributed by atoms with van der Waals surface area (Å²) in [6, 6.07) is 10.6. The number of aromatic hydroxyl groups is 1. The van der Waals surface area contributed by atoms with Gasteiger partial charge in [-0.2, -0.15) is 0 Å². The van der Waals surface area contributed by atoms with Crippen molar-refractivity contribution in [3.63, 3.8) is 0 Å². The summed E-state index contributed by atoms with van der Waals surface area (Å²) in [4.78, 5) is 0. The van der Waals surface area contributed by atoms with Crippen molar-refractivity contribution in [1.29, 1.82) is 0 Å². The molecule has 0 radical (unpaired) electrons. The lowest BCUT2D eigenvalue weighted by Gasteiger charge is -2.09. The number of aromatic nitrogens is 3. The van der Waals surface area contributed by atoms with Crippen molar-refractivity contribution >= 4 is 11.8 Å². The smallest absolute Gasteiger partial charge is 0.212 e. The number of nitrogens with zero attached hydrogens (tertiary/aromatic N) is 3. The lowest BCUT2D eigenvalue weighted by atomic mass is 10.2. The van der Waals surface area contributed by atoms with Gasteiger partial charge in [0.25, 0.3) is 0 Å². The zero-order valence-corrected chi connectivity index (χ0v) is 11.0. The molecule has 100 valence electrons. The molecule has 0 spiro atoms. The molecule has 20 heavy (non-hydrogen) atoms. The molecule has 1 aromatic carbocycles. The largest absolute Gasteiger partial charge is 0.508 e. The highest BCUT2D eigenvalue weighted by Crippen LogP contribution is 2.40. The SMILES string of the molecule is Oc1ccc(-c2nnc3n2N[C@H](c2ccco2)S3)cc1. The molecule has 0 aliphatic carbocycles. The maximum atomic E-state index is 9.34. The van der Waals surface area contributed by atoms with Crippen LogP contribution in [0.5, 0.6) is 5.75 Å². The summed E-state index contributed by atoms with van der Waals surface area (Å²) in [6.07, 6.45) is 1.65. The van der Waals surface area contributed by atoms with E-state index in [9.17, 15) is 5.11 Å². The second-order valence-electron chi connectivity index (χ2n) is 4.33. The Kier molecular flexibility index (Phi) is 2.46. The van der Waals surface area contributed by atoms with Gasteiger partial charge in [0, 0.05) is 5.56 Å². The van der Waals surface area contributed by atoms with E-state index >= 15 is 0 Å². The van der Waals surface area contributed by atoms with E-state index in [2.05, 4.69) is 15.6 Å². The Labute approximate surface area is 118 Å². The summed E-state index contributed by atoms with van der Waals surface area (Å²) in [6.45, 7) is 0. The van der Waals surface area contributed by atoms with E-state index in [0.717, 1.165) is 16.5 Å². The van der Waals surface area contributed by atoms with Crippen LogP contribution in [0.25, 0.3) is 11.4 Å². The number of rotatable bonds is 2. The maximum absolute atomic E-state index is 9.34. The number of benzene rings is 1. The van der Waals surface area contributed by atoms with Gasteiger partial charge in [0.05, 0.1) is 6.26 Å². The van der Waals surface area contributed by atoms with Crippen LogP contribution >= 0.6 is 11.8 Å². The van der Waals surface area contributed by atoms with Gasteiger partial charge in [-0.25, -0.2) is 4.68 Å². The molecule has 1 aliphatic rings. The molecule has 4 rings (SSSR count). The number of phenolic OH excluding ortho intramolecular Hbond substituents is 1. The minimum Gasteiger partial charge on any atom is -0.508 e. The first-order valence-electron chi connectivity index (χ1n) is 6.03. The number of fused-ring (bicyclic) bond motifs is 1. The molecule has 6 nitrogen and oxygen atoms in total. The summed E-state index contributed by atoms with van der Waals surface area (Å²) >= 11 is 1.55. The molecule has 1 aliphatic heterocycles. The number of hydrogen-bond donors (Lipinski definition) is 2. The van der Waals surface area contributed by atoms with Gasteiger partial charge in [0.15, 0.2) is 11.2 Å². The minimum absolute atomic E-state index is 0.00800. The van der Waals surface area contributed by atoms with Crippen molar-refractivity contribution in [3.05, 3.63) is 48.4 Å². The van der Waals surface area contributed by atoms with Crippen molar-refractivity contribution < 1.29 is 9.52 Å². The predicted molar refractivity (Wildman–Crippen MR) is 73.8 cm³/mol. The lowest BCUT2D eigenvalue weighted by Crippen LogP contribution is -2.13. The van der Waals surface area contributed by atoms with Crippen molar-refractivity contribution in [2.24, 2.45) is 0 Å². The highest BCUT2D eigenvalue weighted by Gasteiger charge is 2.29. The van der Waals surface area contributed by atoms with Gasteiger partial charge in [-0.3, -0.25) is 0 Å². The third kappa shape index (κ3) is 1.75. The van der Waals surface area contributed by atoms with Crippen LogP contribution in [0, 0.1) is 0 Å². The molecule has 3 aromatic rings. The first-order valence-corrected chi connectivity index (χ1v) is 6.91. The van der Waals surface area contributed by atoms with Crippen LogP contribution in [0.2, 0.25) is 0 Å². The molecular weight excluding hydrogens is 276 g/mol. The van der Waals surface area contributed by atoms with Crippen LogP contribution in [0.3, 0.4) is 0 Å². The topological polar surface area (TPSA) is 76.1 Å². The molecule has 0 saturated carbocycles. The van der Waals surface area contributed by atoms with E-state index in [4.69, 9.17) is 4.42 Å².